The van der Waals surface area contributed by atoms with Gasteiger partial charge in [0.25, 0.3) is 0 Å². The molecule has 2 amide bonds. The van der Waals surface area contributed by atoms with E-state index in [9.17, 15) is 18.0 Å². The summed E-state index contributed by atoms with van der Waals surface area (Å²) in [6.45, 7) is 3.02. The molecule has 1 N–H and O–H groups in total. The van der Waals surface area contributed by atoms with Crippen LogP contribution in [0.3, 0.4) is 0 Å². The zero-order valence-electron chi connectivity index (χ0n) is 17.8. The van der Waals surface area contributed by atoms with E-state index in [1.807, 2.05) is 0 Å². The van der Waals surface area contributed by atoms with Gasteiger partial charge >= 0.3 is 0 Å². The van der Waals surface area contributed by atoms with Gasteiger partial charge in [-0.1, -0.05) is 53.0 Å². The molecule has 0 spiro atoms. The summed E-state index contributed by atoms with van der Waals surface area (Å²) in [6.07, 6.45) is 0.978. The third-order valence-electron chi connectivity index (χ3n) is 4.71. The lowest BCUT2D eigenvalue weighted by Crippen LogP contribution is -2.51. The van der Waals surface area contributed by atoms with Crippen molar-refractivity contribution in [1.29, 1.82) is 0 Å². The molecule has 0 radical (unpaired) electrons. The van der Waals surface area contributed by atoms with Crippen molar-refractivity contribution in [2.45, 2.75) is 26.4 Å². The van der Waals surface area contributed by atoms with Crippen LogP contribution in [0.5, 0.6) is 0 Å². The number of amides is 2. The van der Waals surface area contributed by atoms with E-state index in [2.05, 4.69) is 5.32 Å². The zero-order chi connectivity index (χ0) is 24.1. The predicted molar refractivity (Wildman–Crippen MR) is 129 cm³/mol. The minimum Gasteiger partial charge on any atom is -0.355 e. The predicted octanol–water partition coefficient (Wildman–Crippen LogP) is 3.97. The molecule has 174 valence electrons. The minimum atomic E-state index is -3.87. The number of carbonyl (C=O) groups excluding carboxylic acids is 2. The molecule has 0 aliphatic rings. The summed E-state index contributed by atoms with van der Waals surface area (Å²) < 4.78 is 25.9. The molecular weight excluding hydrogens is 497 g/mol. The Balaban J connectivity index is 2.46. The smallest absolute Gasteiger partial charge is 0.244 e. The molecular formula is C21H24Cl3N3O4S. The summed E-state index contributed by atoms with van der Waals surface area (Å²) in [6, 6.07) is 10.3. The van der Waals surface area contributed by atoms with Crippen LogP contribution in [0.15, 0.2) is 42.5 Å². The number of sulfonamides is 1. The number of hydrogen-bond donors (Lipinski definition) is 1. The van der Waals surface area contributed by atoms with Crippen molar-refractivity contribution < 1.29 is 18.0 Å². The maximum absolute atomic E-state index is 13.4. The first-order valence-electron chi connectivity index (χ1n) is 9.69. The van der Waals surface area contributed by atoms with Gasteiger partial charge in [-0.2, -0.15) is 0 Å². The third kappa shape index (κ3) is 6.51. The molecule has 0 saturated heterocycles. The average Bonchev–Trinajstić information content (AvgIpc) is 2.71. The Morgan fingerprint density at radius 1 is 1.00 bits per heavy atom. The van der Waals surface area contributed by atoms with Gasteiger partial charge in [0.2, 0.25) is 21.8 Å². The summed E-state index contributed by atoms with van der Waals surface area (Å²) in [5.74, 6) is -1.02. The van der Waals surface area contributed by atoms with E-state index < -0.39 is 34.4 Å². The first-order chi connectivity index (χ1) is 15.0. The molecule has 0 bridgehead atoms. The number of para-hydroxylation sites is 1. The van der Waals surface area contributed by atoms with Crippen molar-refractivity contribution in [2.24, 2.45) is 0 Å². The Kier molecular flexibility index (Phi) is 9.21. The molecule has 0 aliphatic heterocycles. The summed E-state index contributed by atoms with van der Waals surface area (Å²) >= 11 is 18.7. The highest BCUT2D eigenvalue weighted by Gasteiger charge is 2.31. The fourth-order valence-electron chi connectivity index (χ4n) is 3.01. The molecule has 0 fully saturated rings. The number of nitrogens with one attached hydrogen (secondary N) is 1. The minimum absolute atomic E-state index is 0.0875. The fraction of sp³-hybridized carbons (Fsp3) is 0.333. The number of likely N-dealkylation sites (N-methyl/N-ethyl adjacent to an activating group) is 1. The third-order valence-corrected chi connectivity index (χ3v) is 6.86. The number of carbonyl (C=O) groups is 2. The van der Waals surface area contributed by atoms with Gasteiger partial charge in [-0.25, -0.2) is 8.42 Å². The lowest BCUT2D eigenvalue weighted by molar-refractivity contribution is -0.139. The molecule has 11 heteroatoms. The van der Waals surface area contributed by atoms with E-state index in [1.54, 1.807) is 44.2 Å². The van der Waals surface area contributed by atoms with Crippen LogP contribution in [0.25, 0.3) is 0 Å². The van der Waals surface area contributed by atoms with Gasteiger partial charge in [-0.3, -0.25) is 13.9 Å². The van der Waals surface area contributed by atoms with Crippen LogP contribution < -0.4 is 9.62 Å². The summed E-state index contributed by atoms with van der Waals surface area (Å²) in [4.78, 5) is 27.1. The van der Waals surface area contributed by atoms with Gasteiger partial charge < -0.3 is 10.2 Å². The second kappa shape index (κ2) is 11.2. The molecule has 0 aromatic heterocycles. The summed E-state index contributed by atoms with van der Waals surface area (Å²) in [5.41, 5.74) is 0.607. The lowest BCUT2D eigenvalue weighted by Gasteiger charge is -2.32. The van der Waals surface area contributed by atoms with Crippen molar-refractivity contribution in [2.75, 3.05) is 23.7 Å². The lowest BCUT2D eigenvalue weighted by atomic mass is 10.1. The van der Waals surface area contributed by atoms with Gasteiger partial charge in [0.05, 0.1) is 17.0 Å². The highest BCUT2D eigenvalue weighted by molar-refractivity contribution is 7.92. The molecule has 1 atom stereocenters. The first kappa shape index (κ1) is 26.3. The first-order valence-corrected chi connectivity index (χ1v) is 12.7. The molecule has 2 aromatic carbocycles. The Morgan fingerprint density at radius 2 is 1.56 bits per heavy atom. The summed E-state index contributed by atoms with van der Waals surface area (Å²) in [7, 11) is -3.87. The van der Waals surface area contributed by atoms with Crippen LogP contribution in [0, 0.1) is 0 Å². The highest BCUT2D eigenvalue weighted by Crippen LogP contribution is 2.29. The van der Waals surface area contributed by atoms with E-state index in [1.165, 1.54) is 17.0 Å². The zero-order valence-corrected chi connectivity index (χ0v) is 20.9. The Morgan fingerprint density at radius 3 is 2.09 bits per heavy atom. The Bertz CT molecular complexity index is 1080. The number of halogens is 3. The molecule has 2 rings (SSSR count). The van der Waals surface area contributed by atoms with Crippen molar-refractivity contribution >= 4 is 62.3 Å². The van der Waals surface area contributed by atoms with E-state index >= 15 is 0 Å². The van der Waals surface area contributed by atoms with E-state index in [4.69, 9.17) is 34.8 Å². The van der Waals surface area contributed by atoms with Crippen LogP contribution in [-0.2, 0) is 26.2 Å². The van der Waals surface area contributed by atoms with Gasteiger partial charge in [-0.05, 0) is 38.1 Å². The standard InChI is InChI=1S/C21H24Cl3N3O4S/c1-4-25-21(29)14(2)26(12-15-16(22)9-7-10-17(15)23)20(28)13-27(32(3,30)31)19-11-6-5-8-18(19)24/h5-11,14H,4,12-13H2,1-3H3,(H,25,29)/t14-/m0/s1. The topological polar surface area (TPSA) is 86.8 Å². The van der Waals surface area contributed by atoms with Crippen LogP contribution in [0.4, 0.5) is 5.69 Å². The second-order valence-electron chi connectivity index (χ2n) is 7.01. The maximum Gasteiger partial charge on any atom is 0.244 e. The average molecular weight is 521 g/mol. The molecule has 0 saturated carbocycles. The normalized spacial score (nSPS) is 12.2. The number of anilines is 1. The molecule has 0 aliphatic carbocycles. The van der Waals surface area contributed by atoms with Crippen molar-refractivity contribution in [3.63, 3.8) is 0 Å². The molecule has 0 unspecified atom stereocenters. The van der Waals surface area contributed by atoms with Gasteiger partial charge in [0, 0.05) is 28.7 Å². The largest absolute Gasteiger partial charge is 0.355 e. The summed E-state index contributed by atoms with van der Waals surface area (Å²) in [5, 5.41) is 3.49. The van der Waals surface area contributed by atoms with E-state index in [0.29, 0.717) is 22.2 Å². The van der Waals surface area contributed by atoms with Gasteiger partial charge in [0.1, 0.15) is 12.6 Å². The Hall–Kier alpha value is -2.00. The van der Waals surface area contributed by atoms with Crippen LogP contribution in [-0.4, -0.2) is 50.5 Å². The Labute approximate surface area is 203 Å². The molecule has 32 heavy (non-hydrogen) atoms. The molecule has 2 aromatic rings. The quantitative estimate of drug-likeness (QED) is 0.542. The van der Waals surface area contributed by atoms with Crippen LogP contribution >= 0.6 is 34.8 Å². The van der Waals surface area contributed by atoms with Gasteiger partial charge in [0.15, 0.2) is 0 Å². The molecule has 0 heterocycles. The SMILES string of the molecule is CCNC(=O)[C@H](C)N(Cc1c(Cl)cccc1Cl)C(=O)CN(c1ccccc1Cl)S(C)(=O)=O. The van der Waals surface area contributed by atoms with Crippen LogP contribution in [0.1, 0.15) is 19.4 Å². The number of nitrogens with zero attached hydrogens (tertiary/aromatic N) is 2. The number of hydrogen-bond acceptors (Lipinski definition) is 4. The maximum atomic E-state index is 13.4. The van der Waals surface area contributed by atoms with Crippen molar-refractivity contribution in [3.8, 4) is 0 Å². The van der Waals surface area contributed by atoms with E-state index in [-0.39, 0.29) is 17.3 Å². The van der Waals surface area contributed by atoms with Crippen molar-refractivity contribution in [3.05, 3.63) is 63.1 Å². The van der Waals surface area contributed by atoms with Crippen LogP contribution in [0.2, 0.25) is 15.1 Å². The number of benzene rings is 2. The van der Waals surface area contributed by atoms with Gasteiger partial charge in [-0.15, -0.1) is 0 Å². The fourth-order valence-corrected chi connectivity index (χ4v) is 4.67. The van der Waals surface area contributed by atoms with Crippen molar-refractivity contribution in [1.82, 2.24) is 10.2 Å². The second-order valence-corrected chi connectivity index (χ2v) is 10.1. The number of rotatable bonds is 9. The molecule has 7 nitrogen and oxygen atoms in total. The van der Waals surface area contributed by atoms with E-state index in [0.717, 1.165) is 10.6 Å². The highest BCUT2D eigenvalue weighted by atomic mass is 35.5. The monoisotopic (exact) mass is 519 g/mol.